The topological polar surface area (TPSA) is 59.4 Å². The molecule has 15 heavy (non-hydrogen) atoms. The van der Waals surface area contributed by atoms with Gasteiger partial charge in [0.1, 0.15) is 11.3 Å². The maximum Gasteiger partial charge on any atom is 0.134 e. The molecule has 2 aromatic rings. The van der Waals surface area contributed by atoms with E-state index >= 15 is 0 Å². The van der Waals surface area contributed by atoms with Crippen LogP contribution in [0.4, 0.5) is 0 Å². The minimum absolute atomic E-state index is 0. The molecule has 1 atom stereocenters. The van der Waals surface area contributed by atoms with E-state index in [4.69, 9.17) is 15.3 Å². The first-order valence-corrected chi connectivity index (χ1v) is 4.57. The predicted octanol–water partition coefficient (Wildman–Crippen LogP) is 2.16. The molecule has 0 aliphatic carbocycles. The Kier molecular flexibility index (Phi) is 3.74. The third-order valence-electron chi connectivity index (χ3n) is 2.25. The van der Waals surface area contributed by atoms with Crippen LogP contribution < -0.4 is 5.73 Å². The van der Waals surface area contributed by atoms with Gasteiger partial charge in [-0.3, -0.25) is 0 Å². The summed E-state index contributed by atoms with van der Waals surface area (Å²) in [6, 6.07) is 7.39. The van der Waals surface area contributed by atoms with Crippen LogP contribution in [0.1, 0.15) is 17.4 Å². The van der Waals surface area contributed by atoms with E-state index in [0.29, 0.717) is 5.76 Å². The van der Waals surface area contributed by atoms with Gasteiger partial charge in [-0.15, -0.1) is 12.4 Å². The molecule has 0 radical (unpaired) electrons. The van der Waals surface area contributed by atoms with E-state index in [0.717, 1.165) is 11.0 Å². The summed E-state index contributed by atoms with van der Waals surface area (Å²) in [5.74, 6) is 0.633. The standard InChI is InChI=1S/C11H13NO2.ClH/c1-7-2-3-10-8(4-7)5-11(14-10)9(12)6-13;/h2-5,9,13H,6,12H2,1H3;1H/t9-;/m1./s1. The first-order chi connectivity index (χ1) is 6.70. The Morgan fingerprint density at radius 1 is 1.40 bits per heavy atom. The fraction of sp³-hybridized carbons (Fsp3) is 0.273. The van der Waals surface area contributed by atoms with Crippen molar-refractivity contribution in [1.82, 2.24) is 0 Å². The number of nitrogens with two attached hydrogens (primary N) is 1. The highest BCUT2D eigenvalue weighted by Crippen LogP contribution is 2.23. The van der Waals surface area contributed by atoms with E-state index in [2.05, 4.69) is 0 Å². The number of rotatable bonds is 2. The van der Waals surface area contributed by atoms with Gasteiger partial charge in [0, 0.05) is 5.39 Å². The van der Waals surface area contributed by atoms with Crippen LogP contribution in [-0.2, 0) is 0 Å². The van der Waals surface area contributed by atoms with E-state index in [1.807, 2.05) is 31.2 Å². The summed E-state index contributed by atoms with van der Waals surface area (Å²) in [5, 5.41) is 9.91. The monoisotopic (exact) mass is 227 g/mol. The van der Waals surface area contributed by atoms with Gasteiger partial charge in [-0.25, -0.2) is 0 Å². The Morgan fingerprint density at radius 3 is 2.80 bits per heavy atom. The maximum absolute atomic E-state index is 8.88. The molecule has 0 saturated carbocycles. The highest BCUT2D eigenvalue weighted by atomic mass is 35.5. The average molecular weight is 228 g/mol. The van der Waals surface area contributed by atoms with Crippen LogP contribution in [0.2, 0.25) is 0 Å². The van der Waals surface area contributed by atoms with Crippen LogP contribution in [0.15, 0.2) is 28.7 Å². The molecule has 0 amide bonds. The van der Waals surface area contributed by atoms with Crippen molar-refractivity contribution in [3.63, 3.8) is 0 Å². The molecule has 0 bridgehead atoms. The van der Waals surface area contributed by atoms with Crippen molar-refractivity contribution in [2.24, 2.45) is 5.73 Å². The largest absolute Gasteiger partial charge is 0.459 e. The lowest BCUT2D eigenvalue weighted by molar-refractivity contribution is 0.254. The molecule has 0 unspecified atom stereocenters. The number of aliphatic hydroxyl groups excluding tert-OH is 1. The molecular formula is C11H14ClNO2. The third-order valence-corrected chi connectivity index (χ3v) is 2.25. The van der Waals surface area contributed by atoms with Gasteiger partial charge in [-0.1, -0.05) is 11.6 Å². The SMILES string of the molecule is Cc1ccc2oc([C@H](N)CO)cc2c1.Cl. The smallest absolute Gasteiger partial charge is 0.134 e. The van der Waals surface area contributed by atoms with Crippen molar-refractivity contribution >= 4 is 23.4 Å². The van der Waals surface area contributed by atoms with Crippen LogP contribution in [0.5, 0.6) is 0 Å². The molecule has 3 N–H and O–H groups in total. The van der Waals surface area contributed by atoms with Gasteiger partial charge in [0.2, 0.25) is 0 Å². The summed E-state index contributed by atoms with van der Waals surface area (Å²) in [6.45, 7) is 1.93. The summed E-state index contributed by atoms with van der Waals surface area (Å²) in [5.41, 5.74) is 7.65. The van der Waals surface area contributed by atoms with Crippen molar-refractivity contribution in [3.05, 3.63) is 35.6 Å². The number of aliphatic hydroxyl groups is 1. The zero-order valence-corrected chi connectivity index (χ0v) is 9.25. The van der Waals surface area contributed by atoms with Gasteiger partial charge in [0.15, 0.2) is 0 Å². The minimum atomic E-state index is -0.428. The Balaban J connectivity index is 0.00000112. The van der Waals surface area contributed by atoms with Gasteiger partial charge < -0.3 is 15.3 Å². The van der Waals surface area contributed by atoms with Gasteiger partial charge in [-0.2, -0.15) is 0 Å². The molecule has 1 heterocycles. The first kappa shape index (κ1) is 12.0. The average Bonchev–Trinajstić information content (AvgIpc) is 2.59. The van der Waals surface area contributed by atoms with Crippen molar-refractivity contribution < 1.29 is 9.52 Å². The van der Waals surface area contributed by atoms with Gasteiger partial charge in [-0.05, 0) is 25.1 Å². The Labute approximate surface area is 94.3 Å². The number of hydrogen-bond acceptors (Lipinski definition) is 3. The van der Waals surface area contributed by atoms with Crippen LogP contribution in [0, 0.1) is 6.92 Å². The van der Waals surface area contributed by atoms with E-state index < -0.39 is 6.04 Å². The lowest BCUT2D eigenvalue weighted by Crippen LogP contribution is -2.13. The van der Waals surface area contributed by atoms with Crippen molar-refractivity contribution in [1.29, 1.82) is 0 Å². The van der Waals surface area contributed by atoms with Crippen LogP contribution in [0.3, 0.4) is 0 Å². The zero-order valence-electron chi connectivity index (χ0n) is 8.43. The molecule has 2 rings (SSSR count). The number of fused-ring (bicyclic) bond motifs is 1. The van der Waals surface area contributed by atoms with E-state index in [1.165, 1.54) is 5.56 Å². The molecule has 0 saturated heterocycles. The highest BCUT2D eigenvalue weighted by molar-refractivity contribution is 5.85. The van der Waals surface area contributed by atoms with Crippen LogP contribution >= 0.6 is 12.4 Å². The van der Waals surface area contributed by atoms with Crippen molar-refractivity contribution in [2.45, 2.75) is 13.0 Å². The lowest BCUT2D eigenvalue weighted by Gasteiger charge is -2.01. The van der Waals surface area contributed by atoms with Crippen LogP contribution in [-0.4, -0.2) is 11.7 Å². The normalized spacial score (nSPS) is 12.5. The second-order valence-electron chi connectivity index (χ2n) is 3.48. The number of halogens is 1. The van der Waals surface area contributed by atoms with Gasteiger partial charge >= 0.3 is 0 Å². The maximum atomic E-state index is 8.88. The molecule has 0 aliphatic rings. The van der Waals surface area contributed by atoms with E-state index in [1.54, 1.807) is 0 Å². The highest BCUT2D eigenvalue weighted by Gasteiger charge is 2.10. The molecule has 0 fully saturated rings. The lowest BCUT2D eigenvalue weighted by atomic mass is 10.1. The molecular weight excluding hydrogens is 214 g/mol. The second kappa shape index (κ2) is 4.66. The molecule has 0 spiro atoms. The summed E-state index contributed by atoms with van der Waals surface area (Å²) in [6.07, 6.45) is 0. The van der Waals surface area contributed by atoms with Crippen molar-refractivity contribution in [2.75, 3.05) is 6.61 Å². The Bertz CT molecular complexity index is 453. The number of benzene rings is 1. The molecule has 0 aliphatic heterocycles. The number of furan rings is 1. The summed E-state index contributed by atoms with van der Waals surface area (Å²) < 4.78 is 5.49. The fourth-order valence-corrected chi connectivity index (χ4v) is 1.46. The summed E-state index contributed by atoms with van der Waals surface area (Å²) in [4.78, 5) is 0. The molecule has 82 valence electrons. The van der Waals surface area contributed by atoms with Gasteiger partial charge in [0.05, 0.1) is 12.6 Å². The fourth-order valence-electron chi connectivity index (χ4n) is 1.46. The summed E-state index contributed by atoms with van der Waals surface area (Å²) >= 11 is 0. The van der Waals surface area contributed by atoms with Gasteiger partial charge in [0.25, 0.3) is 0 Å². The molecule has 1 aromatic heterocycles. The van der Waals surface area contributed by atoms with E-state index in [-0.39, 0.29) is 19.0 Å². The Hall–Kier alpha value is -1.03. The summed E-state index contributed by atoms with van der Waals surface area (Å²) in [7, 11) is 0. The molecule has 1 aromatic carbocycles. The molecule has 3 nitrogen and oxygen atoms in total. The van der Waals surface area contributed by atoms with E-state index in [9.17, 15) is 0 Å². The first-order valence-electron chi connectivity index (χ1n) is 4.57. The minimum Gasteiger partial charge on any atom is -0.459 e. The third kappa shape index (κ3) is 2.31. The number of aryl methyl sites for hydroxylation is 1. The second-order valence-corrected chi connectivity index (χ2v) is 3.48. The zero-order chi connectivity index (χ0) is 10.1. The Morgan fingerprint density at radius 2 is 2.13 bits per heavy atom. The predicted molar refractivity (Wildman–Crippen MR) is 62.2 cm³/mol. The quantitative estimate of drug-likeness (QED) is 0.827. The molecule has 4 heteroatoms. The van der Waals surface area contributed by atoms with Crippen LogP contribution in [0.25, 0.3) is 11.0 Å². The van der Waals surface area contributed by atoms with Crippen molar-refractivity contribution in [3.8, 4) is 0 Å². The number of hydrogen-bond donors (Lipinski definition) is 2.